The highest BCUT2D eigenvalue weighted by Gasteiger charge is 2.38. The van der Waals surface area contributed by atoms with E-state index in [0.29, 0.717) is 6.42 Å². The summed E-state index contributed by atoms with van der Waals surface area (Å²) in [5, 5.41) is 10.3. The van der Waals surface area contributed by atoms with Gasteiger partial charge in [0.05, 0.1) is 0 Å². The van der Waals surface area contributed by atoms with Crippen molar-refractivity contribution in [2.75, 3.05) is 0 Å². The van der Waals surface area contributed by atoms with E-state index in [1.807, 2.05) is 24.3 Å². The number of carbonyl (C=O) groups excluding carboxylic acids is 1. The second kappa shape index (κ2) is 3.21. The topological polar surface area (TPSA) is 37.3 Å². The van der Waals surface area contributed by atoms with Crippen LogP contribution in [0.2, 0.25) is 0 Å². The molecule has 0 radical (unpaired) electrons. The van der Waals surface area contributed by atoms with Crippen LogP contribution in [0.3, 0.4) is 0 Å². The van der Waals surface area contributed by atoms with Gasteiger partial charge in [0, 0.05) is 0 Å². The van der Waals surface area contributed by atoms with Crippen LogP contribution in [0.5, 0.6) is 0 Å². The molecule has 0 aliphatic heterocycles. The molecule has 1 aliphatic carbocycles. The van der Waals surface area contributed by atoms with Crippen LogP contribution in [0.25, 0.3) is 0 Å². The van der Waals surface area contributed by atoms with Gasteiger partial charge in [0.1, 0.15) is 5.60 Å². The highest BCUT2D eigenvalue weighted by molar-refractivity contribution is 5.86. The second-order valence-electron chi connectivity index (χ2n) is 3.93. The van der Waals surface area contributed by atoms with E-state index in [0.717, 1.165) is 24.0 Å². The minimum absolute atomic E-state index is 0.148. The van der Waals surface area contributed by atoms with Gasteiger partial charge in [-0.25, -0.2) is 0 Å². The smallest absolute Gasteiger partial charge is 0.165 e. The van der Waals surface area contributed by atoms with Crippen molar-refractivity contribution in [1.29, 1.82) is 0 Å². The molecule has 0 saturated carbocycles. The third kappa shape index (κ3) is 1.26. The van der Waals surface area contributed by atoms with Crippen LogP contribution >= 0.6 is 0 Å². The Kier molecular flexibility index (Phi) is 2.16. The molecule has 1 N–H and O–H groups in total. The standard InChI is InChI=1S/C12H14O2/c1-9(13)12(14)8-4-6-10-5-2-3-7-11(10)12/h2-3,5,7,14H,4,6,8H2,1H3. The maximum Gasteiger partial charge on any atom is 0.165 e. The summed E-state index contributed by atoms with van der Waals surface area (Å²) in [6.07, 6.45) is 2.40. The van der Waals surface area contributed by atoms with E-state index in [-0.39, 0.29) is 5.78 Å². The van der Waals surface area contributed by atoms with Crippen LogP contribution in [-0.2, 0) is 16.8 Å². The fourth-order valence-corrected chi connectivity index (χ4v) is 2.18. The summed E-state index contributed by atoms with van der Waals surface area (Å²) in [5.74, 6) is -0.148. The van der Waals surface area contributed by atoms with Gasteiger partial charge < -0.3 is 5.11 Å². The van der Waals surface area contributed by atoms with Crippen LogP contribution in [0, 0.1) is 0 Å². The fourth-order valence-electron chi connectivity index (χ4n) is 2.18. The maximum atomic E-state index is 11.4. The highest BCUT2D eigenvalue weighted by Crippen LogP contribution is 2.35. The lowest BCUT2D eigenvalue weighted by Crippen LogP contribution is -2.37. The monoisotopic (exact) mass is 190 g/mol. The molecule has 0 bridgehead atoms. The zero-order valence-corrected chi connectivity index (χ0v) is 8.29. The number of ketones is 1. The minimum atomic E-state index is -1.23. The third-order valence-electron chi connectivity index (χ3n) is 3.03. The quantitative estimate of drug-likeness (QED) is 0.733. The number of aliphatic hydroxyl groups is 1. The van der Waals surface area contributed by atoms with Gasteiger partial charge in [-0.15, -0.1) is 0 Å². The summed E-state index contributed by atoms with van der Waals surface area (Å²) in [4.78, 5) is 11.4. The number of aryl methyl sites for hydroxylation is 1. The summed E-state index contributed by atoms with van der Waals surface area (Å²) in [6, 6.07) is 7.67. The molecular formula is C12H14O2. The predicted octanol–water partition coefficient (Wildman–Crippen LogP) is 1.80. The van der Waals surface area contributed by atoms with Crippen molar-refractivity contribution >= 4 is 5.78 Å². The summed E-state index contributed by atoms with van der Waals surface area (Å²) in [7, 11) is 0. The van der Waals surface area contributed by atoms with E-state index >= 15 is 0 Å². The normalized spacial score (nSPS) is 25.6. The number of fused-ring (bicyclic) bond motifs is 1. The SMILES string of the molecule is CC(=O)C1(O)CCCc2ccccc21. The van der Waals surface area contributed by atoms with Crippen LogP contribution in [0.4, 0.5) is 0 Å². The van der Waals surface area contributed by atoms with Gasteiger partial charge in [-0.3, -0.25) is 4.79 Å². The molecule has 0 fully saturated rings. The van der Waals surface area contributed by atoms with Crippen molar-refractivity contribution in [2.45, 2.75) is 31.8 Å². The molecule has 2 heteroatoms. The molecule has 74 valence electrons. The molecule has 1 aromatic rings. The number of hydrogen-bond acceptors (Lipinski definition) is 2. The largest absolute Gasteiger partial charge is 0.377 e. The molecule has 0 spiro atoms. The molecule has 0 aromatic heterocycles. The average Bonchev–Trinajstić information content (AvgIpc) is 2.18. The molecule has 0 heterocycles. The summed E-state index contributed by atoms with van der Waals surface area (Å²) >= 11 is 0. The molecule has 0 amide bonds. The lowest BCUT2D eigenvalue weighted by molar-refractivity contribution is -0.137. The Labute approximate surface area is 83.6 Å². The Hall–Kier alpha value is -1.15. The maximum absolute atomic E-state index is 11.4. The number of hydrogen-bond donors (Lipinski definition) is 1. The number of benzene rings is 1. The van der Waals surface area contributed by atoms with Crippen LogP contribution in [0.15, 0.2) is 24.3 Å². The summed E-state index contributed by atoms with van der Waals surface area (Å²) < 4.78 is 0. The molecule has 2 nitrogen and oxygen atoms in total. The first kappa shape index (κ1) is 9.41. The Bertz CT molecular complexity index is 370. The Morgan fingerprint density at radius 1 is 1.43 bits per heavy atom. The Balaban J connectivity index is 2.55. The van der Waals surface area contributed by atoms with Crippen molar-refractivity contribution in [3.63, 3.8) is 0 Å². The number of carbonyl (C=O) groups is 1. The molecule has 1 unspecified atom stereocenters. The number of rotatable bonds is 1. The van der Waals surface area contributed by atoms with Gasteiger partial charge in [-0.05, 0) is 37.3 Å². The van der Waals surface area contributed by atoms with E-state index in [1.165, 1.54) is 6.92 Å². The van der Waals surface area contributed by atoms with Crippen molar-refractivity contribution < 1.29 is 9.90 Å². The highest BCUT2D eigenvalue weighted by atomic mass is 16.3. The molecule has 14 heavy (non-hydrogen) atoms. The minimum Gasteiger partial charge on any atom is -0.377 e. The molecule has 1 atom stereocenters. The van der Waals surface area contributed by atoms with Gasteiger partial charge in [0.25, 0.3) is 0 Å². The van der Waals surface area contributed by atoms with Crippen molar-refractivity contribution in [3.05, 3.63) is 35.4 Å². The second-order valence-corrected chi connectivity index (χ2v) is 3.93. The average molecular weight is 190 g/mol. The van der Waals surface area contributed by atoms with Crippen molar-refractivity contribution in [3.8, 4) is 0 Å². The first-order valence-electron chi connectivity index (χ1n) is 4.96. The van der Waals surface area contributed by atoms with Gasteiger partial charge >= 0.3 is 0 Å². The van der Waals surface area contributed by atoms with Gasteiger partial charge in [0.2, 0.25) is 0 Å². The van der Waals surface area contributed by atoms with Gasteiger partial charge in [0.15, 0.2) is 5.78 Å². The zero-order chi connectivity index (χ0) is 10.2. The molecular weight excluding hydrogens is 176 g/mol. The van der Waals surface area contributed by atoms with Crippen LogP contribution in [0.1, 0.15) is 30.9 Å². The number of Topliss-reactive ketones (excluding diaryl/α,β-unsaturated/α-hetero) is 1. The van der Waals surface area contributed by atoms with E-state index in [4.69, 9.17) is 0 Å². The molecule has 1 aliphatic rings. The van der Waals surface area contributed by atoms with E-state index in [9.17, 15) is 9.90 Å². The predicted molar refractivity (Wildman–Crippen MR) is 54.0 cm³/mol. The van der Waals surface area contributed by atoms with Crippen LogP contribution in [-0.4, -0.2) is 10.9 Å². The molecule has 1 aromatic carbocycles. The zero-order valence-electron chi connectivity index (χ0n) is 8.29. The molecule has 2 rings (SSSR count). The first-order chi connectivity index (χ1) is 6.64. The van der Waals surface area contributed by atoms with Crippen molar-refractivity contribution in [1.82, 2.24) is 0 Å². The lowest BCUT2D eigenvalue weighted by Gasteiger charge is -2.32. The van der Waals surface area contributed by atoms with E-state index in [1.54, 1.807) is 0 Å². The summed E-state index contributed by atoms with van der Waals surface area (Å²) in [5.41, 5.74) is 0.685. The Morgan fingerprint density at radius 2 is 2.14 bits per heavy atom. The van der Waals surface area contributed by atoms with Gasteiger partial charge in [-0.2, -0.15) is 0 Å². The lowest BCUT2D eigenvalue weighted by atomic mass is 9.77. The first-order valence-corrected chi connectivity index (χ1v) is 4.96. The fraction of sp³-hybridized carbons (Fsp3) is 0.417. The van der Waals surface area contributed by atoms with E-state index in [2.05, 4.69) is 0 Å². The van der Waals surface area contributed by atoms with Gasteiger partial charge in [-0.1, -0.05) is 24.3 Å². The Morgan fingerprint density at radius 3 is 2.86 bits per heavy atom. The summed E-state index contributed by atoms with van der Waals surface area (Å²) in [6.45, 7) is 1.46. The van der Waals surface area contributed by atoms with E-state index < -0.39 is 5.60 Å². The molecule has 0 saturated heterocycles. The van der Waals surface area contributed by atoms with Crippen molar-refractivity contribution in [2.24, 2.45) is 0 Å². The van der Waals surface area contributed by atoms with Crippen LogP contribution < -0.4 is 0 Å². The third-order valence-corrected chi connectivity index (χ3v) is 3.03.